The van der Waals surface area contributed by atoms with Gasteiger partial charge in [-0.3, -0.25) is 0 Å². The summed E-state index contributed by atoms with van der Waals surface area (Å²) in [5.41, 5.74) is 1.72. The Bertz CT molecular complexity index is 559. The smallest absolute Gasteiger partial charge is 0.123 e. The van der Waals surface area contributed by atoms with Crippen molar-refractivity contribution in [3.8, 4) is 0 Å². The normalized spacial score (nSPS) is 14.0. The Hall–Kier alpha value is -1.23. The van der Waals surface area contributed by atoms with Crippen LogP contribution in [0.3, 0.4) is 0 Å². The zero-order valence-electron chi connectivity index (χ0n) is 11.2. The van der Waals surface area contributed by atoms with Crippen LogP contribution in [0.2, 0.25) is 0 Å². The highest BCUT2D eigenvalue weighted by Crippen LogP contribution is 2.18. The third-order valence-electron chi connectivity index (χ3n) is 3.22. The molecule has 106 valence electrons. The van der Waals surface area contributed by atoms with E-state index in [0.29, 0.717) is 12.1 Å². The molecular weight excluding hydrogens is 321 g/mol. The van der Waals surface area contributed by atoms with Crippen LogP contribution in [-0.2, 0) is 0 Å². The fourth-order valence-corrected chi connectivity index (χ4v) is 2.25. The molecule has 0 amide bonds. The van der Waals surface area contributed by atoms with Crippen LogP contribution in [0.15, 0.2) is 53.0 Å². The van der Waals surface area contributed by atoms with Crippen molar-refractivity contribution >= 4 is 15.9 Å². The molecule has 0 aliphatic carbocycles. The van der Waals surface area contributed by atoms with Crippen molar-refractivity contribution in [1.82, 2.24) is 5.32 Å². The molecule has 0 spiro atoms. The fraction of sp³-hybridized carbons (Fsp3) is 0.250. The van der Waals surface area contributed by atoms with E-state index >= 15 is 0 Å². The first-order chi connectivity index (χ1) is 9.56. The summed E-state index contributed by atoms with van der Waals surface area (Å²) in [6, 6.07) is 14.2. The molecule has 1 unspecified atom stereocenters. The van der Waals surface area contributed by atoms with Crippen molar-refractivity contribution < 1.29 is 9.50 Å². The van der Waals surface area contributed by atoms with Gasteiger partial charge in [0, 0.05) is 17.1 Å². The molecule has 0 aliphatic rings. The molecule has 0 radical (unpaired) electrons. The van der Waals surface area contributed by atoms with Gasteiger partial charge in [-0.1, -0.05) is 40.2 Å². The molecule has 2 N–H and O–H groups in total. The summed E-state index contributed by atoms with van der Waals surface area (Å²) in [7, 11) is 0. The molecule has 2 rings (SSSR count). The number of hydrogen-bond donors (Lipinski definition) is 2. The Morgan fingerprint density at radius 2 is 1.85 bits per heavy atom. The molecule has 0 heterocycles. The van der Waals surface area contributed by atoms with E-state index < -0.39 is 6.10 Å². The number of benzene rings is 2. The second-order valence-corrected chi connectivity index (χ2v) is 5.67. The predicted octanol–water partition coefficient (Wildman–Crippen LogP) is 3.97. The molecule has 2 aromatic rings. The molecule has 0 saturated heterocycles. The van der Waals surface area contributed by atoms with Gasteiger partial charge >= 0.3 is 0 Å². The third-order valence-corrected chi connectivity index (χ3v) is 3.75. The summed E-state index contributed by atoms with van der Waals surface area (Å²) < 4.78 is 14.1. The van der Waals surface area contributed by atoms with Crippen LogP contribution in [-0.4, -0.2) is 11.7 Å². The number of halogens is 2. The summed E-state index contributed by atoms with van der Waals surface area (Å²) in [5, 5.41) is 13.3. The van der Waals surface area contributed by atoms with Crippen molar-refractivity contribution in [2.75, 3.05) is 6.54 Å². The number of aliphatic hydroxyl groups excluding tert-OH is 1. The average molecular weight is 338 g/mol. The largest absolute Gasteiger partial charge is 0.387 e. The highest BCUT2D eigenvalue weighted by molar-refractivity contribution is 9.10. The minimum absolute atomic E-state index is 0.117. The zero-order chi connectivity index (χ0) is 14.5. The molecule has 2 nitrogen and oxygen atoms in total. The maximum absolute atomic E-state index is 13.1. The first kappa shape index (κ1) is 15.2. The van der Waals surface area contributed by atoms with Gasteiger partial charge in [-0.25, -0.2) is 4.39 Å². The van der Waals surface area contributed by atoms with Crippen molar-refractivity contribution in [2.24, 2.45) is 0 Å². The zero-order valence-corrected chi connectivity index (χ0v) is 12.8. The van der Waals surface area contributed by atoms with E-state index in [0.717, 1.165) is 10.0 Å². The molecule has 4 heteroatoms. The lowest BCUT2D eigenvalue weighted by atomic mass is 10.1. The van der Waals surface area contributed by atoms with E-state index in [1.165, 1.54) is 12.1 Å². The van der Waals surface area contributed by atoms with Gasteiger partial charge in [0.25, 0.3) is 0 Å². The minimum atomic E-state index is -0.719. The van der Waals surface area contributed by atoms with E-state index in [1.54, 1.807) is 12.1 Å². The van der Waals surface area contributed by atoms with Gasteiger partial charge < -0.3 is 10.4 Å². The fourth-order valence-electron chi connectivity index (χ4n) is 1.99. The van der Waals surface area contributed by atoms with Gasteiger partial charge in [0.05, 0.1) is 6.10 Å². The molecule has 20 heavy (non-hydrogen) atoms. The maximum atomic E-state index is 13.1. The quantitative estimate of drug-likeness (QED) is 0.865. The summed E-state index contributed by atoms with van der Waals surface area (Å²) in [6.07, 6.45) is -0.719. The van der Waals surface area contributed by atoms with E-state index in [1.807, 2.05) is 31.2 Å². The van der Waals surface area contributed by atoms with Crippen molar-refractivity contribution in [1.29, 1.82) is 0 Å². The van der Waals surface area contributed by atoms with Crippen LogP contribution in [0.25, 0.3) is 0 Å². The van der Waals surface area contributed by atoms with Gasteiger partial charge in [-0.2, -0.15) is 0 Å². The summed E-state index contributed by atoms with van der Waals surface area (Å²) >= 11 is 3.40. The van der Waals surface area contributed by atoms with E-state index in [4.69, 9.17) is 0 Å². The highest BCUT2D eigenvalue weighted by Gasteiger charge is 2.11. The van der Waals surface area contributed by atoms with Crippen molar-refractivity contribution in [3.63, 3.8) is 0 Å². The lowest BCUT2D eigenvalue weighted by molar-refractivity contribution is 0.170. The van der Waals surface area contributed by atoms with Crippen molar-refractivity contribution in [3.05, 3.63) is 69.9 Å². The van der Waals surface area contributed by atoms with Crippen LogP contribution in [0.1, 0.15) is 30.2 Å². The molecule has 0 bridgehead atoms. The lowest BCUT2D eigenvalue weighted by Crippen LogP contribution is -2.24. The molecular formula is C16H17BrFNO. The van der Waals surface area contributed by atoms with E-state index in [9.17, 15) is 9.50 Å². The number of hydrogen-bond acceptors (Lipinski definition) is 2. The molecule has 0 fully saturated rings. The number of nitrogens with one attached hydrogen (secondary N) is 1. The molecule has 0 saturated carbocycles. The predicted molar refractivity (Wildman–Crippen MR) is 81.9 cm³/mol. The maximum Gasteiger partial charge on any atom is 0.123 e. The Kier molecular flexibility index (Phi) is 5.29. The van der Waals surface area contributed by atoms with E-state index in [-0.39, 0.29) is 11.9 Å². The molecule has 0 aliphatic heterocycles. The van der Waals surface area contributed by atoms with Gasteiger partial charge in [0.2, 0.25) is 0 Å². The van der Waals surface area contributed by atoms with E-state index in [2.05, 4.69) is 21.2 Å². The van der Waals surface area contributed by atoms with Crippen LogP contribution < -0.4 is 5.32 Å². The first-order valence-corrected chi connectivity index (χ1v) is 7.28. The highest BCUT2D eigenvalue weighted by atomic mass is 79.9. The molecule has 2 atom stereocenters. The van der Waals surface area contributed by atoms with Crippen LogP contribution in [0.4, 0.5) is 4.39 Å². The summed E-state index contributed by atoms with van der Waals surface area (Å²) in [6.45, 7) is 2.40. The summed E-state index contributed by atoms with van der Waals surface area (Å²) in [5.74, 6) is -0.331. The number of aliphatic hydroxyl groups is 1. The minimum Gasteiger partial charge on any atom is -0.387 e. The lowest BCUT2D eigenvalue weighted by Gasteiger charge is -2.18. The molecule has 0 aromatic heterocycles. The topological polar surface area (TPSA) is 32.3 Å². The second-order valence-electron chi connectivity index (χ2n) is 4.75. The number of rotatable bonds is 5. The SMILES string of the molecule is C[C@H](NCC(O)c1cccc(F)c1)c1ccc(Br)cc1. The Labute approximate surface area is 126 Å². The Balaban J connectivity index is 1.93. The average Bonchev–Trinajstić information content (AvgIpc) is 2.45. The van der Waals surface area contributed by atoms with Crippen molar-refractivity contribution in [2.45, 2.75) is 19.1 Å². The first-order valence-electron chi connectivity index (χ1n) is 6.48. The van der Waals surface area contributed by atoms with Crippen LogP contribution >= 0.6 is 15.9 Å². The van der Waals surface area contributed by atoms with Crippen LogP contribution in [0, 0.1) is 5.82 Å². The second kappa shape index (κ2) is 6.97. The Morgan fingerprint density at radius 3 is 2.50 bits per heavy atom. The van der Waals surface area contributed by atoms with Gasteiger partial charge in [-0.05, 0) is 42.3 Å². The van der Waals surface area contributed by atoms with Gasteiger partial charge in [0.15, 0.2) is 0 Å². The van der Waals surface area contributed by atoms with Crippen LogP contribution in [0.5, 0.6) is 0 Å². The Morgan fingerprint density at radius 1 is 1.15 bits per heavy atom. The van der Waals surface area contributed by atoms with Gasteiger partial charge in [0.1, 0.15) is 5.82 Å². The monoisotopic (exact) mass is 337 g/mol. The van der Waals surface area contributed by atoms with Gasteiger partial charge in [-0.15, -0.1) is 0 Å². The summed E-state index contributed by atoms with van der Waals surface area (Å²) in [4.78, 5) is 0. The molecule has 2 aromatic carbocycles. The third kappa shape index (κ3) is 4.13. The standard InChI is InChI=1S/C16H17BrFNO/c1-11(12-5-7-14(17)8-6-12)19-10-16(20)13-3-2-4-15(18)9-13/h2-9,11,16,19-20H,10H2,1H3/t11-,16?/m0/s1.